The van der Waals surface area contributed by atoms with Crippen molar-refractivity contribution in [1.82, 2.24) is 4.98 Å². The van der Waals surface area contributed by atoms with Gasteiger partial charge in [0.2, 0.25) is 0 Å². The van der Waals surface area contributed by atoms with E-state index < -0.39 is 5.97 Å². The highest BCUT2D eigenvalue weighted by Gasteiger charge is 2.09. The van der Waals surface area contributed by atoms with E-state index in [0.717, 1.165) is 35.9 Å². The number of pyridine rings is 1. The summed E-state index contributed by atoms with van der Waals surface area (Å²) in [5.74, 6) is -0.234. The second kappa shape index (κ2) is 12.5. The fourth-order valence-corrected chi connectivity index (χ4v) is 4.59. The molecule has 0 aliphatic rings. The molecule has 7 heteroatoms. The number of aromatic nitrogens is 1. The number of aliphatic carboxylic acids is 1. The predicted molar refractivity (Wildman–Crippen MR) is 129 cm³/mol. The Kier molecular flexibility index (Phi) is 9.47. The van der Waals surface area contributed by atoms with Gasteiger partial charge in [0.15, 0.2) is 0 Å². The highest BCUT2D eigenvalue weighted by molar-refractivity contribution is 7.98. The number of benzene rings is 2. The number of aryl methyl sites for hydroxylation is 1. The highest BCUT2D eigenvalue weighted by atomic mass is 35.5. The van der Waals surface area contributed by atoms with Gasteiger partial charge in [0.25, 0.3) is 0 Å². The van der Waals surface area contributed by atoms with Gasteiger partial charge < -0.3 is 14.6 Å². The number of carbonyl (C=O) groups excluding carboxylic acids is 1. The van der Waals surface area contributed by atoms with Gasteiger partial charge in [-0.1, -0.05) is 59.6 Å². The Morgan fingerprint density at radius 2 is 1.75 bits per heavy atom. The molecule has 0 N–H and O–H groups in total. The summed E-state index contributed by atoms with van der Waals surface area (Å²) in [4.78, 5) is 16.2. The molecular formula is C25H22Cl2NO3S-. The van der Waals surface area contributed by atoms with Crippen LogP contribution in [-0.4, -0.2) is 17.6 Å². The van der Waals surface area contributed by atoms with E-state index in [4.69, 9.17) is 27.9 Å². The Morgan fingerprint density at radius 3 is 2.47 bits per heavy atom. The van der Waals surface area contributed by atoms with Crippen molar-refractivity contribution in [3.8, 4) is 5.75 Å². The molecule has 2 aromatic carbocycles. The summed E-state index contributed by atoms with van der Waals surface area (Å²) in [7, 11) is 0. The number of hydrogen-bond acceptors (Lipinski definition) is 5. The maximum absolute atomic E-state index is 10.9. The van der Waals surface area contributed by atoms with Gasteiger partial charge in [-0.3, -0.25) is 0 Å². The number of rotatable bonds is 11. The summed E-state index contributed by atoms with van der Waals surface area (Å²) in [5, 5.41) is 12.0. The van der Waals surface area contributed by atoms with E-state index in [0.29, 0.717) is 33.8 Å². The SMILES string of the molecule is O=C([O-])/C=C/c1nc(CSc2c(Cl)cccc2Cl)ccc1OCCCCc1ccccc1. The van der Waals surface area contributed by atoms with Crippen LogP contribution in [0.1, 0.15) is 29.8 Å². The Morgan fingerprint density at radius 1 is 1.00 bits per heavy atom. The summed E-state index contributed by atoms with van der Waals surface area (Å²) in [6, 6.07) is 19.3. The third-order valence-electron chi connectivity index (χ3n) is 4.56. The summed E-state index contributed by atoms with van der Waals surface area (Å²) in [6.07, 6.45) is 5.20. The van der Waals surface area contributed by atoms with E-state index in [1.165, 1.54) is 23.4 Å². The van der Waals surface area contributed by atoms with Crippen LogP contribution in [-0.2, 0) is 17.0 Å². The van der Waals surface area contributed by atoms with Gasteiger partial charge in [-0.05, 0) is 61.2 Å². The van der Waals surface area contributed by atoms with Crippen LogP contribution in [0.3, 0.4) is 0 Å². The zero-order valence-corrected chi connectivity index (χ0v) is 19.6. The fourth-order valence-electron chi connectivity index (χ4n) is 3.00. The Labute approximate surface area is 202 Å². The largest absolute Gasteiger partial charge is 0.545 e. The molecule has 32 heavy (non-hydrogen) atoms. The van der Waals surface area contributed by atoms with E-state index in [1.54, 1.807) is 18.2 Å². The number of unbranched alkanes of at least 4 members (excludes halogenated alkanes) is 1. The molecule has 0 aliphatic heterocycles. The molecule has 3 rings (SSSR count). The molecule has 3 aromatic rings. The van der Waals surface area contributed by atoms with Crippen molar-refractivity contribution in [2.45, 2.75) is 29.9 Å². The Bertz CT molecular complexity index is 1050. The van der Waals surface area contributed by atoms with E-state index in [2.05, 4.69) is 17.1 Å². The van der Waals surface area contributed by atoms with Crippen molar-refractivity contribution in [2.75, 3.05) is 6.61 Å². The normalized spacial score (nSPS) is 11.1. The predicted octanol–water partition coefficient (Wildman–Crippen LogP) is 5.85. The summed E-state index contributed by atoms with van der Waals surface area (Å²) < 4.78 is 5.89. The summed E-state index contributed by atoms with van der Waals surface area (Å²) >= 11 is 13.9. The van der Waals surface area contributed by atoms with Crippen LogP contribution in [0.4, 0.5) is 0 Å². The van der Waals surface area contributed by atoms with Crippen LogP contribution in [0.2, 0.25) is 10.0 Å². The van der Waals surface area contributed by atoms with Crippen molar-refractivity contribution in [3.63, 3.8) is 0 Å². The average Bonchev–Trinajstić information content (AvgIpc) is 2.78. The number of carbonyl (C=O) groups is 1. The number of carboxylic acids is 1. The number of carboxylic acid groups (broad SMARTS) is 1. The van der Waals surface area contributed by atoms with E-state index in [-0.39, 0.29) is 0 Å². The van der Waals surface area contributed by atoms with Gasteiger partial charge in [-0.25, -0.2) is 4.98 Å². The first kappa shape index (κ1) is 24.2. The minimum atomic E-state index is -1.29. The number of thioether (sulfide) groups is 1. The quantitative estimate of drug-likeness (QED) is 0.193. The van der Waals surface area contributed by atoms with Crippen LogP contribution in [0, 0.1) is 0 Å². The lowest BCUT2D eigenvalue weighted by Crippen LogP contribution is -2.18. The van der Waals surface area contributed by atoms with Crippen molar-refractivity contribution in [1.29, 1.82) is 0 Å². The molecule has 0 amide bonds. The number of halogens is 2. The number of ether oxygens (including phenoxy) is 1. The first-order valence-corrected chi connectivity index (χ1v) is 11.9. The lowest BCUT2D eigenvalue weighted by molar-refractivity contribution is -0.297. The fraction of sp³-hybridized carbons (Fsp3) is 0.200. The Balaban J connectivity index is 1.61. The van der Waals surface area contributed by atoms with Crippen molar-refractivity contribution in [2.24, 2.45) is 0 Å². The minimum Gasteiger partial charge on any atom is -0.545 e. The number of nitrogens with zero attached hydrogens (tertiary/aromatic N) is 1. The molecule has 0 bridgehead atoms. The van der Waals surface area contributed by atoms with Gasteiger partial charge in [-0.15, -0.1) is 11.8 Å². The zero-order chi connectivity index (χ0) is 22.8. The van der Waals surface area contributed by atoms with Gasteiger partial charge in [-0.2, -0.15) is 0 Å². The van der Waals surface area contributed by atoms with Crippen LogP contribution in [0.15, 0.2) is 71.6 Å². The molecule has 4 nitrogen and oxygen atoms in total. The van der Waals surface area contributed by atoms with E-state index in [9.17, 15) is 9.90 Å². The second-order valence-corrected chi connectivity index (χ2v) is 8.77. The third-order valence-corrected chi connectivity index (χ3v) is 6.59. The van der Waals surface area contributed by atoms with Gasteiger partial charge in [0, 0.05) is 10.6 Å². The van der Waals surface area contributed by atoms with Crippen LogP contribution < -0.4 is 9.84 Å². The topological polar surface area (TPSA) is 62.2 Å². The Hall–Kier alpha value is -2.47. The molecular weight excluding hydrogens is 465 g/mol. The molecule has 1 heterocycles. The van der Waals surface area contributed by atoms with Crippen molar-refractivity contribution < 1.29 is 14.6 Å². The molecule has 0 unspecified atom stereocenters. The van der Waals surface area contributed by atoms with Gasteiger partial charge in [0.1, 0.15) is 11.4 Å². The van der Waals surface area contributed by atoms with Crippen molar-refractivity contribution in [3.05, 3.63) is 93.7 Å². The molecule has 0 atom stereocenters. The molecule has 0 saturated heterocycles. The van der Waals surface area contributed by atoms with E-state index >= 15 is 0 Å². The molecule has 0 fully saturated rings. The van der Waals surface area contributed by atoms with Crippen LogP contribution in [0.25, 0.3) is 6.08 Å². The van der Waals surface area contributed by atoms with Gasteiger partial charge >= 0.3 is 0 Å². The average molecular weight is 487 g/mol. The lowest BCUT2D eigenvalue weighted by atomic mass is 10.1. The van der Waals surface area contributed by atoms with Crippen molar-refractivity contribution >= 4 is 47.0 Å². The molecule has 0 radical (unpaired) electrons. The first-order chi connectivity index (χ1) is 15.5. The summed E-state index contributed by atoms with van der Waals surface area (Å²) in [5.41, 5.74) is 2.49. The first-order valence-electron chi connectivity index (χ1n) is 10.2. The standard InChI is InChI=1S/C25H23Cl2NO3S/c26-20-10-6-11-21(27)25(20)32-17-19-12-14-23(22(28-19)13-15-24(29)30)31-16-5-4-9-18-7-2-1-3-8-18/h1-3,6-8,10-15H,4-5,9,16-17H2,(H,29,30)/p-1/b15-13+. The number of hydrogen-bond donors (Lipinski definition) is 0. The smallest absolute Gasteiger partial charge is 0.144 e. The molecule has 0 saturated carbocycles. The monoisotopic (exact) mass is 486 g/mol. The zero-order valence-electron chi connectivity index (χ0n) is 17.3. The van der Waals surface area contributed by atoms with Gasteiger partial charge in [0.05, 0.1) is 28.3 Å². The second-order valence-electron chi connectivity index (χ2n) is 6.97. The molecule has 0 aliphatic carbocycles. The minimum absolute atomic E-state index is 0.445. The lowest BCUT2D eigenvalue weighted by Gasteiger charge is -2.11. The maximum Gasteiger partial charge on any atom is 0.144 e. The van der Waals surface area contributed by atoms with Crippen LogP contribution in [0.5, 0.6) is 5.75 Å². The summed E-state index contributed by atoms with van der Waals surface area (Å²) in [6.45, 7) is 0.518. The highest BCUT2D eigenvalue weighted by Crippen LogP contribution is 2.35. The maximum atomic E-state index is 10.9. The molecule has 1 aromatic heterocycles. The van der Waals surface area contributed by atoms with E-state index in [1.807, 2.05) is 30.3 Å². The molecule has 0 spiro atoms. The third kappa shape index (κ3) is 7.59. The molecule has 166 valence electrons. The van der Waals surface area contributed by atoms with Crippen LogP contribution >= 0.6 is 35.0 Å².